The van der Waals surface area contributed by atoms with Crippen LogP contribution in [0.1, 0.15) is 0 Å². The Labute approximate surface area is 62.7 Å². The lowest BCUT2D eigenvalue weighted by molar-refractivity contribution is 0.481. The lowest BCUT2D eigenvalue weighted by Crippen LogP contribution is -1.87. The molecule has 0 radical (unpaired) electrons. The van der Waals surface area contributed by atoms with Gasteiger partial charge in [-0.3, -0.25) is 0 Å². The molecular weight excluding hydrogens is 183 g/mol. The molecule has 50 valence electrons. The minimum absolute atomic E-state index is 0.288. The third-order valence-electron chi connectivity index (χ3n) is 0.474. The van der Waals surface area contributed by atoms with Gasteiger partial charge in [-0.05, 0) is 11.8 Å². The van der Waals surface area contributed by atoms with Crippen LogP contribution in [-0.4, -0.2) is 21.7 Å². The van der Waals surface area contributed by atoms with Crippen molar-refractivity contribution in [3.8, 4) is 0 Å². The van der Waals surface area contributed by atoms with Crippen molar-refractivity contribution in [1.82, 2.24) is 0 Å². The second-order valence-corrected chi connectivity index (χ2v) is 6.19. The summed E-state index contributed by atoms with van der Waals surface area (Å²) in [6.07, 6.45) is 0.288. The highest BCUT2D eigenvalue weighted by molar-refractivity contribution is 8.68. The molecule has 0 atom stereocenters. The summed E-state index contributed by atoms with van der Waals surface area (Å²) in [6.45, 7) is -2.92. The zero-order valence-corrected chi connectivity index (χ0v) is 7.44. The molecule has 6 heteroatoms. The summed E-state index contributed by atoms with van der Waals surface area (Å²) < 4.78 is 0. The normalized spacial score (nSPS) is 11.9. The lowest BCUT2D eigenvalue weighted by atomic mass is 11.0. The van der Waals surface area contributed by atoms with Crippen LogP contribution in [0, 0.1) is 0 Å². The summed E-state index contributed by atoms with van der Waals surface area (Å²) in [4.78, 5) is 17.2. The van der Waals surface area contributed by atoms with E-state index in [-0.39, 0.29) is 6.16 Å². The molecule has 0 bridgehead atoms. The van der Waals surface area contributed by atoms with Crippen LogP contribution in [0.5, 0.6) is 0 Å². The fraction of sp³-hybridized carbons (Fsp3) is 1.00. The van der Waals surface area contributed by atoms with Crippen molar-refractivity contribution in [2.75, 3.05) is 11.9 Å². The Hall–Kier alpha value is 1.27. The standard InChI is InChI=1S/C2H7O2PS3/c3-5(4,6)1-2-8-7/h7H,1-2H2,(H2,3,4,6). The van der Waals surface area contributed by atoms with E-state index in [1.807, 2.05) is 0 Å². The third kappa shape index (κ3) is 7.27. The van der Waals surface area contributed by atoms with Crippen LogP contribution in [0.3, 0.4) is 0 Å². The Morgan fingerprint density at radius 3 is 2.25 bits per heavy atom. The van der Waals surface area contributed by atoms with Gasteiger partial charge in [0.05, 0.1) is 0 Å². The predicted molar refractivity (Wildman–Crippen MR) is 45.0 cm³/mol. The van der Waals surface area contributed by atoms with Crippen LogP contribution in [0.2, 0.25) is 0 Å². The first-order valence-corrected chi connectivity index (χ1v) is 6.80. The molecule has 2 N–H and O–H groups in total. The molecule has 2 nitrogen and oxygen atoms in total. The Bertz CT molecular complexity index is 99.5. The largest absolute Gasteiger partial charge is 0.345 e. The second kappa shape index (κ2) is 4.14. The molecule has 0 spiro atoms. The summed E-state index contributed by atoms with van der Waals surface area (Å²) in [5.41, 5.74) is 0. The van der Waals surface area contributed by atoms with E-state index < -0.39 is 6.49 Å². The van der Waals surface area contributed by atoms with Crippen molar-refractivity contribution in [1.29, 1.82) is 0 Å². The van der Waals surface area contributed by atoms with Crippen LogP contribution in [0.4, 0.5) is 0 Å². The van der Waals surface area contributed by atoms with Gasteiger partial charge in [0, 0.05) is 11.9 Å². The predicted octanol–water partition coefficient (Wildman–Crippen LogP) is 0.858. The first-order chi connectivity index (χ1) is 3.56. The Morgan fingerprint density at radius 1 is 1.62 bits per heavy atom. The smallest absolute Gasteiger partial charge is 0.184 e. The van der Waals surface area contributed by atoms with E-state index in [0.717, 1.165) is 0 Å². The highest BCUT2D eigenvalue weighted by atomic mass is 33.1. The third-order valence-corrected chi connectivity index (χ3v) is 3.06. The lowest BCUT2D eigenvalue weighted by Gasteiger charge is -2.02. The molecule has 0 aliphatic rings. The van der Waals surface area contributed by atoms with Crippen LogP contribution >= 0.6 is 28.9 Å². The molecular formula is C2H7O2PS3. The first-order valence-electron chi connectivity index (χ1n) is 1.87. The molecule has 0 amide bonds. The van der Waals surface area contributed by atoms with Gasteiger partial charge in [-0.25, -0.2) is 0 Å². The van der Waals surface area contributed by atoms with Crippen LogP contribution < -0.4 is 0 Å². The van der Waals surface area contributed by atoms with Crippen molar-refractivity contribution in [2.24, 2.45) is 0 Å². The number of hydrogen-bond donors (Lipinski definition) is 3. The molecule has 0 unspecified atom stereocenters. The molecule has 0 aromatic carbocycles. The van der Waals surface area contributed by atoms with E-state index in [1.165, 1.54) is 10.8 Å². The molecule has 0 saturated heterocycles. The molecule has 0 fully saturated rings. The highest BCUT2D eigenvalue weighted by Crippen LogP contribution is 2.35. The topological polar surface area (TPSA) is 40.5 Å². The minimum Gasteiger partial charge on any atom is -0.345 e. The molecule has 0 rings (SSSR count). The van der Waals surface area contributed by atoms with Gasteiger partial charge in [0.25, 0.3) is 0 Å². The van der Waals surface area contributed by atoms with Crippen LogP contribution in [-0.2, 0) is 11.8 Å². The second-order valence-electron chi connectivity index (χ2n) is 1.22. The van der Waals surface area contributed by atoms with Gasteiger partial charge in [-0.15, -0.1) is 11.7 Å². The van der Waals surface area contributed by atoms with Crippen LogP contribution in [0.15, 0.2) is 0 Å². The Morgan fingerprint density at radius 2 is 2.12 bits per heavy atom. The van der Waals surface area contributed by atoms with Crippen molar-refractivity contribution in [2.45, 2.75) is 0 Å². The van der Waals surface area contributed by atoms with Gasteiger partial charge < -0.3 is 9.79 Å². The fourth-order valence-corrected chi connectivity index (χ4v) is 2.84. The maximum atomic E-state index is 8.58. The van der Waals surface area contributed by atoms with E-state index >= 15 is 0 Å². The Balaban J connectivity index is 3.26. The van der Waals surface area contributed by atoms with E-state index in [9.17, 15) is 0 Å². The van der Waals surface area contributed by atoms with Gasteiger partial charge >= 0.3 is 0 Å². The summed E-state index contributed by atoms with van der Waals surface area (Å²) in [5, 5.41) is 0. The zero-order chi connectivity index (χ0) is 6.62. The summed E-state index contributed by atoms with van der Waals surface area (Å²) in [6, 6.07) is 0. The Kier molecular flexibility index (Phi) is 4.80. The maximum Gasteiger partial charge on any atom is 0.184 e. The van der Waals surface area contributed by atoms with Gasteiger partial charge in [-0.2, -0.15) is 0 Å². The van der Waals surface area contributed by atoms with Crippen LogP contribution in [0.25, 0.3) is 0 Å². The van der Waals surface area contributed by atoms with Gasteiger partial charge in [0.2, 0.25) is 0 Å². The summed E-state index contributed by atoms with van der Waals surface area (Å²) >= 11 is 8.12. The number of hydrogen-bond acceptors (Lipinski definition) is 3. The van der Waals surface area contributed by atoms with Crippen molar-refractivity contribution < 1.29 is 9.79 Å². The van der Waals surface area contributed by atoms with Crippen molar-refractivity contribution in [3.05, 3.63) is 0 Å². The highest BCUT2D eigenvalue weighted by Gasteiger charge is 2.04. The maximum absolute atomic E-state index is 8.58. The monoisotopic (exact) mass is 190 g/mol. The quantitative estimate of drug-likeness (QED) is 0.351. The average Bonchev–Trinajstić information content (AvgIpc) is 1.59. The summed E-state index contributed by atoms with van der Waals surface area (Å²) in [7, 11) is 1.26. The van der Waals surface area contributed by atoms with E-state index in [4.69, 9.17) is 9.79 Å². The summed E-state index contributed by atoms with van der Waals surface area (Å²) in [5.74, 6) is 0.605. The van der Waals surface area contributed by atoms with Crippen molar-refractivity contribution in [3.63, 3.8) is 0 Å². The number of rotatable bonds is 3. The first kappa shape index (κ1) is 9.27. The molecule has 0 aromatic heterocycles. The van der Waals surface area contributed by atoms with Gasteiger partial charge in [0.15, 0.2) is 6.49 Å². The van der Waals surface area contributed by atoms with Gasteiger partial charge in [-0.1, -0.05) is 10.8 Å². The SMILES string of the molecule is OP(O)(=S)CCSS. The van der Waals surface area contributed by atoms with Crippen molar-refractivity contribution >= 4 is 40.8 Å². The average molecular weight is 190 g/mol. The zero-order valence-electron chi connectivity index (χ0n) is 4.02. The number of thiol groups is 1. The minimum atomic E-state index is -2.92. The van der Waals surface area contributed by atoms with E-state index in [0.29, 0.717) is 5.75 Å². The molecule has 0 saturated carbocycles. The molecule has 0 aliphatic heterocycles. The fourth-order valence-electron chi connectivity index (χ4n) is 0.160. The molecule has 0 heterocycles. The van der Waals surface area contributed by atoms with E-state index in [1.54, 1.807) is 0 Å². The molecule has 0 aliphatic carbocycles. The van der Waals surface area contributed by atoms with Gasteiger partial charge in [0.1, 0.15) is 0 Å². The molecule has 8 heavy (non-hydrogen) atoms. The molecule has 0 aromatic rings. The van der Waals surface area contributed by atoms with E-state index in [2.05, 4.69) is 23.5 Å².